The molecule has 4 nitrogen and oxygen atoms in total. The summed E-state index contributed by atoms with van der Waals surface area (Å²) in [5, 5.41) is 7.64. The molecule has 0 spiro atoms. The molecule has 248 valence electrons. The summed E-state index contributed by atoms with van der Waals surface area (Å²) in [6.45, 7) is 2.23. The third-order valence-corrected chi connectivity index (χ3v) is 11.4. The summed E-state index contributed by atoms with van der Waals surface area (Å²) in [6, 6.07) is 54.0. The fraction of sp³-hybridized carbons (Fsp3) is 0.0851. The van der Waals surface area contributed by atoms with E-state index in [1.807, 2.05) is 29.5 Å². The van der Waals surface area contributed by atoms with Gasteiger partial charge in [0.2, 0.25) is 0 Å². The molecule has 0 aliphatic rings. The van der Waals surface area contributed by atoms with Crippen molar-refractivity contribution in [1.82, 2.24) is 19.5 Å². The van der Waals surface area contributed by atoms with E-state index in [0.29, 0.717) is 17.5 Å². The number of nitrogens with zero attached hydrogens (tertiary/aromatic N) is 4. The summed E-state index contributed by atoms with van der Waals surface area (Å²) in [6.07, 6.45) is 3.43. The van der Waals surface area contributed by atoms with Gasteiger partial charge >= 0.3 is 0 Å². The number of benzene rings is 7. The molecule has 10 aromatic rings. The third-order valence-electron chi connectivity index (χ3n) is 10.2. The van der Waals surface area contributed by atoms with Crippen molar-refractivity contribution >= 4 is 64.1 Å². The Morgan fingerprint density at radius 3 is 1.88 bits per heavy atom. The summed E-state index contributed by atoms with van der Waals surface area (Å²) in [5.41, 5.74) is 7.62. The molecule has 52 heavy (non-hydrogen) atoms. The number of fused-ring (bicyclic) bond motifs is 10. The van der Waals surface area contributed by atoms with Crippen molar-refractivity contribution in [1.29, 1.82) is 0 Å². The minimum Gasteiger partial charge on any atom is -0.307 e. The second-order valence-electron chi connectivity index (χ2n) is 13.4. The molecule has 0 amide bonds. The van der Waals surface area contributed by atoms with Crippen molar-refractivity contribution in [2.24, 2.45) is 0 Å². The van der Waals surface area contributed by atoms with E-state index in [0.717, 1.165) is 34.3 Å². The molecule has 10 rings (SSSR count). The molecule has 3 heterocycles. The minimum absolute atomic E-state index is 0.647. The first kappa shape index (κ1) is 30.6. The van der Waals surface area contributed by atoms with Crippen molar-refractivity contribution in [3.05, 3.63) is 157 Å². The Morgan fingerprint density at radius 2 is 1.12 bits per heavy atom. The van der Waals surface area contributed by atoms with Crippen LogP contribution >= 0.6 is 11.3 Å². The van der Waals surface area contributed by atoms with Gasteiger partial charge in [-0.15, -0.1) is 11.3 Å². The molecule has 7 aromatic carbocycles. The second kappa shape index (κ2) is 12.6. The van der Waals surface area contributed by atoms with Gasteiger partial charge in [-0.2, -0.15) is 0 Å². The molecule has 0 aliphatic carbocycles. The highest BCUT2D eigenvalue weighted by Crippen LogP contribution is 2.48. The van der Waals surface area contributed by atoms with Gasteiger partial charge in [0, 0.05) is 42.9 Å². The maximum Gasteiger partial charge on any atom is 0.166 e. The Morgan fingerprint density at radius 1 is 0.519 bits per heavy atom. The molecule has 0 saturated heterocycles. The number of hydrogen-bond donors (Lipinski definition) is 0. The zero-order valence-corrected chi connectivity index (χ0v) is 29.6. The highest BCUT2D eigenvalue weighted by molar-refractivity contribution is 7.27. The molecule has 0 N–H and O–H groups in total. The van der Waals surface area contributed by atoms with Crippen molar-refractivity contribution in [3.63, 3.8) is 0 Å². The van der Waals surface area contributed by atoms with Crippen LogP contribution in [0.1, 0.15) is 25.3 Å². The zero-order valence-electron chi connectivity index (χ0n) is 28.8. The number of aryl methyl sites for hydroxylation is 1. The first-order chi connectivity index (χ1) is 25.8. The van der Waals surface area contributed by atoms with Crippen LogP contribution in [0.4, 0.5) is 0 Å². The van der Waals surface area contributed by atoms with Gasteiger partial charge in [0.25, 0.3) is 0 Å². The number of thiophene rings is 1. The number of unbranched alkanes of at least 4 members (excludes halogenated alkanes) is 1. The molecule has 0 atom stereocenters. The van der Waals surface area contributed by atoms with Gasteiger partial charge in [0.1, 0.15) is 0 Å². The second-order valence-corrected chi connectivity index (χ2v) is 14.5. The van der Waals surface area contributed by atoms with Gasteiger partial charge in [0.05, 0.1) is 21.4 Å². The number of rotatable bonds is 7. The predicted octanol–water partition coefficient (Wildman–Crippen LogP) is 12.8. The van der Waals surface area contributed by atoms with Crippen molar-refractivity contribution in [2.75, 3.05) is 0 Å². The van der Waals surface area contributed by atoms with Crippen LogP contribution < -0.4 is 0 Å². The average Bonchev–Trinajstić information content (AvgIpc) is 3.78. The van der Waals surface area contributed by atoms with Gasteiger partial charge in [0.15, 0.2) is 17.5 Å². The molecule has 5 heteroatoms. The lowest BCUT2D eigenvalue weighted by Gasteiger charge is -2.15. The molecular formula is C47H34N4S. The van der Waals surface area contributed by atoms with E-state index < -0.39 is 0 Å². The first-order valence-corrected chi connectivity index (χ1v) is 18.8. The van der Waals surface area contributed by atoms with E-state index in [1.54, 1.807) is 0 Å². The summed E-state index contributed by atoms with van der Waals surface area (Å²) in [4.78, 5) is 15.5. The lowest BCUT2D eigenvalue weighted by Crippen LogP contribution is -2.03. The standard InChI is InChI=1S/C47H34N4S/c1-2-3-15-30-26-28-32(29-27-30)46-48-45(31-16-5-4-6-17-31)49-47(50-46)36-21-10-13-24-39(36)51-38-23-12-9-20-35(38)41-33-18-7-8-19-34(33)42-37-22-11-14-25-40(37)52-44(42)43(41)51/h4-14,16-29H,2-3,15H2,1H3. The van der Waals surface area contributed by atoms with Gasteiger partial charge in [-0.1, -0.05) is 141 Å². The lowest BCUT2D eigenvalue weighted by molar-refractivity contribution is 0.795. The van der Waals surface area contributed by atoms with Crippen LogP contribution in [0.3, 0.4) is 0 Å². The first-order valence-electron chi connectivity index (χ1n) is 18.0. The van der Waals surface area contributed by atoms with Crippen molar-refractivity contribution in [3.8, 4) is 39.9 Å². The SMILES string of the molecule is CCCCc1ccc(-c2nc(-c3ccccc3)nc(-c3ccccc3-n3c4ccccc4c4c5ccccc5c5c6ccccc6sc5c43)n2)cc1. The highest BCUT2D eigenvalue weighted by Gasteiger charge is 2.24. The maximum atomic E-state index is 5.24. The topological polar surface area (TPSA) is 43.6 Å². The summed E-state index contributed by atoms with van der Waals surface area (Å²) in [5.74, 6) is 1.97. The predicted molar refractivity (Wildman–Crippen MR) is 219 cm³/mol. The third kappa shape index (κ3) is 4.92. The largest absolute Gasteiger partial charge is 0.307 e. The van der Waals surface area contributed by atoms with Gasteiger partial charge in [-0.25, -0.2) is 15.0 Å². The van der Waals surface area contributed by atoms with E-state index in [9.17, 15) is 0 Å². The van der Waals surface area contributed by atoms with Crippen LogP contribution in [0.25, 0.3) is 92.6 Å². The smallest absolute Gasteiger partial charge is 0.166 e. The lowest BCUT2D eigenvalue weighted by atomic mass is 9.99. The van der Waals surface area contributed by atoms with Gasteiger partial charge in [-0.05, 0) is 53.4 Å². The van der Waals surface area contributed by atoms with Crippen molar-refractivity contribution < 1.29 is 0 Å². The summed E-state index contributed by atoms with van der Waals surface area (Å²) >= 11 is 1.87. The normalized spacial score (nSPS) is 11.8. The van der Waals surface area contributed by atoms with Crippen molar-refractivity contribution in [2.45, 2.75) is 26.2 Å². The van der Waals surface area contributed by atoms with Crippen LogP contribution in [-0.2, 0) is 6.42 Å². The summed E-state index contributed by atoms with van der Waals surface area (Å²) < 4.78 is 5.03. The molecular weight excluding hydrogens is 653 g/mol. The van der Waals surface area contributed by atoms with E-state index in [1.165, 1.54) is 65.6 Å². The van der Waals surface area contributed by atoms with E-state index in [-0.39, 0.29) is 0 Å². The molecule has 0 bridgehead atoms. The summed E-state index contributed by atoms with van der Waals surface area (Å²) in [7, 11) is 0. The Hall–Kier alpha value is -6.17. The van der Waals surface area contributed by atoms with Crippen LogP contribution in [0.5, 0.6) is 0 Å². The molecule has 0 unspecified atom stereocenters. The Bertz CT molecular complexity index is 2940. The minimum atomic E-state index is 0.647. The Kier molecular flexibility index (Phi) is 7.40. The van der Waals surface area contributed by atoms with E-state index >= 15 is 0 Å². The number of aromatic nitrogens is 4. The van der Waals surface area contributed by atoms with Gasteiger partial charge in [-0.3, -0.25) is 0 Å². The molecule has 3 aromatic heterocycles. The highest BCUT2D eigenvalue weighted by atomic mass is 32.1. The Labute approximate surface area is 305 Å². The van der Waals surface area contributed by atoms with Crippen LogP contribution in [0.15, 0.2) is 152 Å². The van der Waals surface area contributed by atoms with E-state index in [4.69, 9.17) is 15.0 Å². The quantitative estimate of drug-likeness (QED) is 0.168. The fourth-order valence-electron chi connectivity index (χ4n) is 7.78. The van der Waals surface area contributed by atoms with E-state index in [2.05, 4.69) is 145 Å². The molecule has 0 radical (unpaired) electrons. The van der Waals surface area contributed by atoms with Gasteiger partial charge < -0.3 is 4.57 Å². The number of hydrogen-bond acceptors (Lipinski definition) is 4. The van der Waals surface area contributed by atoms with Crippen LogP contribution in [0.2, 0.25) is 0 Å². The molecule has 0 saturated carbocycles. The molecule has 0 fully saturated rings. The zero-order chi connectivity index (χ0) is 34.6. The van der Waals surface area contributed by atoms with Crippen LogP contribution in [0, 0.1) is 0 Å². The average molecular weight is 687 g/mol. The molecule has 0 aliphatic heterocycles. The monoisotopic (exact) mass is 686 g/mol. The Balaban J connectivity index is 1.28. The maximum absolute atomic E-state index is 5.24. The fourth-order valence-corrected chi connectivity index (χ4v) is 9.04. The van der Waals surface area contributed by atoms with Crippen LogP contribution in [-0.4, -0.2) is 19.5 Å². The number of para-hydroxylation sites is 2.